The molecule has 136 valence electrons. The molecule has 0 atom stereocenters. The first-order valence-electron chi connectivity index (χ1n) is 8.29. The van der Waals surface area contributed by atoms with E-state index < -0.39 is 6.36 Å². The van der Waals surface area contributed by atoms with Crippen molar-refractivity contribution in [3.05, 3.63) is 36.7 Å². The summed E-state index contributed by atoms with van der Waals surface area (Å²) in [4.78, 5) is 8.36. The number of nitrogens with zero attached hydrogens (tertiary/aromatic N) is 2. The van der Waals surface area contributed by atoms with Gasteiger partial charge < -0.3 is 9.47 Å². The first-order chi connectivity index (χ1) is 12.0. The molecule has 0 aliphatic rings. The van der Waals surface area contributed by atoms with Gasteiger partial charge in [0.1, 0.15) is 5.75 Å². The van der Waals surface area contributed by atoms with Gasteiger partial charge >= 0.3 is 6.36 Å². The second kappa shape index (κ2) is 9.25. The lowest BCUT2D eigenvalue weighted by Gasteiger charge is -2.09. The summed E-state index contributed by atoms with van der Waals surface area (Å²) in [6, 6.07) is 5.41. The van der Waals surface area contributed by atoms with Gasteiger partial charge in [-0.1, -0.05) is 32.6 Å². The van der Waals surface area contributed by atoms with Gasteiger partial charge in [0.2, 0.25) is 0 Å². The molecule has 0 aliphatic heterocycles. The Balaban J connectivity index is 1.85. The summed E-state index contributed by atoms with van der Waals surface area (Å²) in [6.07, 6.45) is 4.21. The van der Waals surface area contributed by atoms with Crippen LogP contribution in [0.1, 0.15) is 39.0 Å². The predicted octanol–water partition coefficient (Wildman–Crippen LogP) is 5.39. The van der Waals surface area contributed by atoms with Gasteiger partial charge in [0.15, 0.2) is 11.6 Å². The van der Waals surface area contributed by atoms with Crippen LogP contribution in [-0.2, 0) is 0 Å². The molecule has 0 aliphatic carbocycles. The van der Waals surface area contributed by atoms with Crippen LogP contribution in [0.2, 0.25) is 0 Å². The van der Waals surface area contributed by atoms with E-state index in [1.807, 2.05) is 0 Å². The molecule has 1 aromatic carbocycles. The summed E-state index contributed by atoms with van der Waals surface area (Å²) in [6.45, 7) is 2.79. The fraction of sp³-hybridized carbons (Fsp3) is 0.444. The molecule has 25 heavy (non-hydrogen) atoms. The van der Waals surface area contributed by atoms with E-state index >= 15 is 0 Å². The minimum atomic E-state index is -4.70. The van der Waals surface area contributed by atoms with Crippen molar-refractivity contribution in [1.29, 1.82) is 0 Å². The number of unbranched alkanes of at least 4 members (excludes halogenated alkanes) is 4. The third-order valence-electron chi connectivity index (χ3n) is 3.49. The van der Waals surface area contributed by atoms with Gasteiger partial charge in [0, 0.05) is 5.56 Å². The number of hydrogen-bond acceptors (Lipinski definition) is 4. The van der Waals surface area contributed by atoms with E-state index in [0.717, 1.165) is 12.8 Å². The molecular formula is C18H21F3N2O2. The number of benzene rings is 1. The minimum absolute atomic E-state index is 0.278. The Labute approximate surface area is 145 Å². The van der Waals surface area contributed by atoms with Gasteiger partial charge in [0.25, 0.3) is 0 Å². The topological polar surface area (TPSA) is 44.2 Å². The molecule has 1 heterocycles. The SMILES string of the molecule is CCCCCCCOc1cnc(-c2ccc(OC(F)(F)F)cc2)nc1. The van der Waals surface area contributed by atoms with E-state index in [1.54, 1.807) is 12.4 Å². The molecule has 0 spiro atoms. The first kappa shape index (κ1) is 19.0. The Morgan fingerprint density at radius 3 is 2.12 bits per heavy atom. The number of hydrogen-bond donors (Lipinski definition) is 0. The van der Waals surface area contributed by atoms with Gasteiger partial charge in [0.05, 0.1) is 19.0 Å². The fourth-order valence-corrected chi connectivity index (χ4v) is 2.24. The Kier molecular flexibility index (Phi) is 7.03. The van der Waals surface area contributed by atoms with Crippen LogP contribution in [0, 0.1) is 0 Å². The van der Waals surface area contributed by atoms with Crippen molar-refractivity contribution >= 4 is 0 Å². The summed E-state index contributed by atoms with van der Waals surface area (Å²) in [5, 5.41) is 0. The second-order valence-corrected chi connectivity index (χ2v) is 5.58. The Bertz CT molecular complexity index is 628. The van der Waals surface area contributed by atoms with Crippen molar-refractivity contribution in [2.24, 2.45) is 0 Å². The predicted molar refractivity (Wildman–Crippen MR) is 88.4 cm³/mol. The zero-order chi connectivity index (χ0) is 18.1. The van der Waals surface area contributed by atoms with Crippen LogP contribution in [0.5, 0.6) is 11.5 Å². The first-order valence-corrected chi connectivity index (χ1v) is 8.29. The van der Waals surface area contributed by atoms with Crippen molar-refractivity contribution in [1.82, 2.24) is 9.97 Å². The highest BCUT2D eigenvalue weighted by atomic mass is 19.4. The molecule has 0 radical (unpaired) electrons. The van der Waals surface area contributed by atoms with Crippen LogP contribution in [0.25, 0.3) is 11.4 Å². The third kappa shape index (κ3) is 6.99. The number of aromatic nitrogens is 2. The van der Waals surface area contributed by atoms with Gasteiger partial charge in [-0.15, -0.1) is 13.2 Å². The van der Waals surface area contributed by atoms with E-state index in [1.165, 1.54) is 43.5 Å². The maximum Gasteiger partial charge on any atom is 0.573 e. The van der Waals surface area contributed by atoms with Crippen molar-refractivity contribution in [3.63, 3.8) is 0 Å². The van der Waals surface area contributed by atoms with Crippen molar-refractivity contribution in [3.8, 4) is 22.9 Å². The van der Waals surface area contributed by atoms with Crippen LogP contribution in [0.15, 0.2) is 36.7 Å². The molecule has 7 heteroatoms. The molecule has 0 bridgehead atoms. The van der Waals surface area contributed by atoms with Crippen molar-refractivity contribution in [2.75, 3.05) is 6.61 Å². The highest BCUT2D eigenvalue weighted by Gasteiger charge is 2.30. The fourth-order valence-electron chi connectivity index (χ4n) is 2.24. The van der Waals surface area contributed by atoms with Crippen molar-refractivity contribution in [2.45, 2.75) is 45.4 Å². The summed E-state index contributed by atoms with van der Waals surface area (Å²) in [5.74, 6) is 0.712. The van der Waals surface area contributed by atoms with Crippen LogP contribution < -0.4 is 9.47 Å². The summed E-state index contributed by atoms with van der Waals surface area (Å²) >= 11 is 0. The lowest BCUT2D eigenvalue weighted by atomic mass is 10.2. The molecule has 1 aromatic heterocycles. The smallest absolute Gasteiger partial charge is 0.490 e. The van der Waals surface area contributed by atoms with Crippen molar-refractivity contribution < 1.29 is 22.6 Å². The summed E-state index contributed by atoms with van der Waals surface area (Å²) < 4.78 is 45.8. The average Bonchev–Trinajstić information content (AvgIpc) is 2.58. The zero-order valence-corrected chi connectivity index (χ0v) is 14.1. The van der Waals surface area contributed by atoms with E-state index in [0.29, 0.717) is 23.7 Å². The Hall–Kier alpha value is -2.31. The maximum atomic E-state index is 12.1. The molecule has 0 saturated heterocycles. The standard InChI is InChI=1S/C18H21F3N2O2/c1-2-3-4-5-6-11-24-16-12-22-17(23-13-16)14-7-9-15(10-8-14)25-18(19,20)21/h7-10,12-13H,2-6,11H2,1H3. The quantitative estimate of drug-likeness (QED) is 0.566. The highest BCUT2D eigenvalue weighted by Crippen LogP contribution is 2.25. The lowest BCUT2D eigenvalue weighted by molar-refractivity contribution is -0.274. The molecule has 0 amide bonds. The monoisotopic (exact) mass is 354 g/mol. The maximum absolute atomic E-state index is 12.1. The number of halogens is 3. The number of ether oxygens (including phenoxy) is 2. The second-order valence-electron chi connectivity index (χ2n) is 5.58. The van der Waals surface area contributed by atoms with E-state index in [4.69, 9.17) is 4.74 Å². The number of alkyl halides is 3. The van der Waals surface area contributed by atoms with Crippen LogP contribution >= 0.6 is 0 Å². The van der Waals surface area contributed by atoms with Crippen LogP contribution in [0.3, 0.4) is 0 Å². The molecular weight excluding hydrogens is 333 g/mol. The average molecular weight is 354 g/mol. The van der Waals surface area contributed by atoms with E-state index in [2.05, 4.69) is 21.6 Å². The molecule has 2 rings (SSSR count). The highest BCUT2D eigenvalue weighted by molar-refractivity contribution is 5.56. The molecule has 4 nitrogen and oxygen atoms in total. The molecule has 0 N–H and O–H groups in total. The summed E-state index contributed by atoms with van der Waals surface area (Å²) in [7, 11) is 0. The molecule has 0 saturated carbocycles. The Morgan fingerprint density at radius 1 is 0.880 bits per heavy atom. The normalized spacial score (nSPS) is 11.4. The minimum Gasteiger partial charge on any atom is -0.490 e. The molecule has 0 unspecified atom stereocenters. The third-order valence-corrected chi connectivity index (χ3v) is 3.49. The molecule has 0 fully saturated rings. The van der Waals surface area contributed by atoms with Gasteiger partial charge in [-0.3, -0.25) is 0 Å². The molecule has 2 aromatic rings. The zero-order valence-electron chi connectivity index (χ0n) is 14.1. The van der Waals surface area contributed by atoms with Gasteiger partial charge in [-0.05, 0) is 30.7 Å². The van der Waals surface area contributed by atoms with E-state index in [-0.39, 0.29) is 5.75 Å². The lowest BCUT2D eigenvalue weighted by Crippen LogP contribution is -2.16. The van der Waals surface area contributed by atoms with Gasteiger partial charge in [-0.2, -0.15) is 0 Å². The van der Waals surface area contributed by atoms with Crippen LogP contribution in [-0.4, -0.2) is 22.9 Å². The largest absolute Gasteiger partial charge is 0.573 e. The van der Waals surface area contributed by atoms with Crippen LogP contribution in [0.4, 0.5) is 13.2 Å². The van der Waals surface area contributed by atoms with Gasteiger partial charge in [-0.25, -0.2) is 9.97 Å². The Morgan fingerprint density at radius 2 is 1.52 bits per heavy atom. The number of rotatable bonds is 9. The van der Waals surface area contributed by atoms with E-state index in [9.17, 15) is 13.2 Å². The summed E-state index contributed by atoms with van der Waals surface area (Å²) in [5.41, 5.74) is 0.598.